The van der Waals surface area contributed by atoms with Gasteiger partial charge in [0.2, 0.25) is 5.91 Å². The Bertz CT molecular complexity index is 924. The van der Waals surface area contributed by atoms with Gasteiger partial charge in [0.25, 0.3) is 0 Å². The van der Waals surface area contributed by atoms with Crippen LogP contribution in [0, 0.1) is 0 Å². The fourth-order valence-corrected chi connectivity index (χ4v) is 3.69. The van der Waals surface area contributed by atoms with Gasteiger partial charge < -0.3 is 4.90 Å². The molecule has 4 rings (SSSR count). The first-order chi connectivity index (χ1) is 12.8. The Morgan fingerprint density at radius 2 is 1.92 bits per heavy atom. The quantitative estimate of drug-likeness (QED) is 0.664. The molecule has 132 valence electrons. The molecule has 1 aliphatic heterocycles. The Hall–Kier alpha value is -2.53. The zero-order valence-electron chi connectivity index (χ0n) is 14.3. The molecule has 2 aromatic heterocycles. The molecule has 1 amide bonds. The molecule has 1 fully saturated rings. The van der Waals surface area contributed by atoms with Crippen LogP contribution in [0.5, 0.6) is 0 Å². The number of alkyl halides is 1. The van der Waals surface area contributed by atoms with E-state index >= 15 is 0 Å². The predicted molar refractivity (Wildman–Crippen MR) is 102 cm³/mol. The molecular weight excluding hydrogens is 348 g/mol. The molecule has 0 radical (unpaired) electrons. The average Bonchev–Trinajstić information content (AvgIpc) is 2.73. The van der Waals surface area contributed by atoms with Crippen molar-refractivity contribution in [1.29, 1.82) is 0 Å². The zero-order valence-corrected chi connectivity index (χ0v) is 15.1. The number of amides is 1. The summed E-state index contributed by atoms with van der Waals surface area (Å²) in [7, 11) is 0. The minimum Gasteiger partial charge on any atom is -0.342 e. The first-order valence-electron chi connectivity index (χ1n) is 8.77. The van der Waals surface area contributed by atoms with Crippen LogP contribution in [-0.2, 0) is 4.79 Å². The van der Waals surface area contributed by atoms with Crippen molar-refractivity contribution >= 4 is 28.4 Å². The van der Waals surface area contributed by atoms with E-state index in [1.54, 1.807) is 12.4 Å². The number of piperidine rings is 1. The maximum absolute atomic E-state index is 11.8. The minimum absolute atomic E-state index is 0.00807. The molecule has 0 bridgehead atoms. The highest BCUT2D eigenvalue weighted by atomic mass is 35.5. The second-order valence-electron chi connectivity index (χ2n) is 6.48. The number of nitrogens with zero attached hydrogens (tertiary/aromatic N) is 4. The topological polar surface area (TPSA) is 59.0 Å². The fraction of sp³-hybridized carbons (Fsp3) is 0.300. The minimum atomic E-state index is 0.00807. The van der Waals surface area contributed by atoms with Gasteiger partial charge in [-0.3, -0.25) is 9.78 Å². The molecule has 26 heavy (non-hydrogen) atoms. The maximum Gasteiger partial charge on any atom is 0.237 e. The predicted octanol–water partition coefficient (Wildman–Crippen LogP) is 3.64. The van der Waals surface area contributed by atoms with Crippen LogP contribution in [0.15, 0.2) is 48.8 Å². The summed E-state index contributed by atoms with van der Waals surface area (Å²) < 4.78 is 0. The van der Waals surface area contributed by atoms with Crippen LogP contribution in [0.4, 0.5) is 0 Å². The lowest BCUT2D eigenvalue weighted by Crippen LogP contribution is -2.38. The van der Waals surface area contributed by atoms with E-state index in [1.165, 1.54) is 0 Å². The van der Waals surface area contributed by atoms with Gasteiger partial charge in [0.15, 0.2) is 5.82 Å². The van der Waals surface area contributed by atoms with Crippen molar-refractivity contribution in [1.82, 2.24) is 19.9 Å². The number of rotatable bonds is 3. The number of pyridine rings is 1. The molecule has 0 unspecified atom stereocenters. The van der Waals surface area contributed by atoms with Gasteiger partial charge in [-0.25, -0.2) is 9.97 Å². The smallest absolute Gasteiger partial charge is 0.237 e. The first-order valence-corrected chi connectivity index (χ1v) is 9.30. The number of hydrogen-bond acceptors (Lipinski definition) is 4. The molecule has 6 heteroatoms. The zero-order chi connectivity index (χ0) is 17.9. The lowest BCUT2D eigenvalue weighted by Gasteiger charge is -2.31. The van der Waals surface area contributed by atoms with Crippen molar-refractivity contribution < 1.29 is 4.79 Å². The van der Waals surface area contributed by atoms with Crippen molar-refractivity contribution in [3.8, 4) is 11.4 Å². The van der Waals surface area contributed by atoms with Crippen molar-refractivity contribution in [3.05, 3.63) is 54.5 Å². The highest BCUT2D eigenvalue weighted by Gasteiger charge is 2.26. The van der Waals surface area contributed by atoms with Gasteiger partial charge in [0, 0.05) is 42.4 Å². The van der Waals surface area contributed by atoms with Crippen LogP contribution in [0.1, 0.15) is 24.5 Å². The number of para-hydroxylation sites is 1. The van der Waals surface area contributed by atoms with Crippen molar-refractivity contribution in [2.24, 2.45) is 0 Å². The second kappa shape index (κ2) is 7.38. The van der Waals surface area contributed by atoms with Gasteiger partial charge in [-0.05, 0) is 31.0 Å². The van der Waals surface area contributed by atoms with E-state index in [4.69, 9.17) is 21.6 Å². The SMILES string of the molecule is O=C(CCl)N1CCC(c2nc(-c3cccnc3)nc3ccccc23)CC1. The summed E-state index contributed by atoms with van der Waals surface area (Å²) in [6.45, 7) is 1.44. The van der Waals surface area contributed by atoms with Gasteiger partial charge >= 0.3 is 0 Å². The molecule has 0 aliphatic carbocycles. The van der Waals surface area contributed by atoms with E-state index in [-0.39, 0.29) is 11.8 Å². The Balaban J connectivity index is 1.71. The van der Waals surface area contributed by atoms with E-state index in [2.05, 4.69) is 11.1 Å². The summed E-state index contributed by atoms with van der Waals surface area (Å²) in [5.41, 5.74) is 2.91. The largest absolute Gasteiger partial charge is 0.342 e. The third-order valence-corrected chi connectivity index (χ3v) is 5.13. The number of carbonyl (C=O) groups excluding carboxylic acids is 1. The number of halogens is 1. The Morgan fingerprint density at radius 1 is 1.12 bits per heavy atom. The highest BCUT2D eigenvalue weighted by Crippen LogP contribution is 2.32. The number of carbonyl (C=O) groups is 1. The molecular formula is C20H19ClN4O. The number of fused-ring (bicyclic) bond motifs is 1. The van der Waals surface area contributed by atoms with Crippen LogP contribution in [-0.4, -0.2) is 44.7 Å². The van der Waals surface area contributed by atoms with Gasteiger partial charge in [-0.1, -0.05) is 18.2 Å². The molecule has 3 aromatic rings. The van der Waals surface area contributed by atoms with Crippen LogP contribution in [0.2, 0.25) is 0 Å². The molecule has 5 nitrogen and oxygen atoms in total. The summed E-state index contributed by atoms with van der Waals surface area (Å²) >= 11 is 5.69. The Morgan fingerprint density at radius 3 is 2.65 bits per heavy atom. The number of benzene rings is 1. The Kier molecular flexibility index (Phi) is 4.80. The van der Waals surface area contributed by atoms with E-state index in [0.29, 0.717) is 11.7 Å². The molecule has 1 aliphatic rings. The molecule has 3 heterocycles. The first kappa shape index (κ1) is 16.9. The monoisotopic (exact) mass is 366 g/mol. The van der Waals surface area contributed by atoms with Crippen LogP contribution in [0.3, 0.4) is 0 Å². The third-order valence-electron chi connectivity index (χ3n) is 4.90. The van der Waals surface area contributed by atoms with Crippen molar-refractivity contribution in [2.45, 2.75) is 18.8 Å². The maximum atomic E-state index is 11.8. The molecule has 0 atom stereocenters. The summed E-state index contributed by atoms with van der Waals surface area (Å²) in [6, 6.07) is 12.0. The third kappa shape index (κ3) is 3.27. The number of likely N-dealkylation sites (tertiary alicyclic amines) is 1. The van der Waals surface area contributed by atoms with Gasteiger partial charge in [0.1, 0.15) is 5.88 Å². The molecule has 1 saturated heterocycles. The van der Waals surface area contributed by atoms with Crippen LogP contribution >= 0.6 is 11.6 Å². The summed E-state index contributed by atoms with van der Waals surface area (Å²) in [4.78, 5) is 27.5. The van der Waals surface area contributed by atoms with E-state index in [0.717, 1.165) is 48.1 Å². The molecule has 1 aromatic carbocycles. The molecule has 0 N–H and O–H groups in total. The second-order valence-corrected chi connectivity index (χ2v) is 6.75. The molecule has 0 spiro atoms. The Labute approximate surface area is 157 Å². The lowest BCUT2D eigenvalue weighted by atomic mass is 9.90. The number of hydrogen-bond donors (Lipinski definition) is 0. The van der Waals surface area contributed by atoms with E-state index < -0.39 is 0 Å². The van der Waals surface area contributed by atoms with Crippen LogP contribution in [0.25, 0.3) is 22.3 Å². The summed E-state index contributed by atoms with van der Waals surface area (Å²) in [6.07, 6.45) is 5.30. The average molecular weight is 367 g/mol. The summed E-state index contributed by atoms with van der Waals surface area (Å²) in [5.74, 6) is 1.06. The van der Waals surface area contributed by atoms with Gasteiger partial charge in [-0.2, -0.15) is 0 Å². The summed E-state index contributed by atoms with van der Waals surface area (Å²) in [5, 5.41) is 1.09. The van der Waals surface area contributed by atoms with E-state index in [1.807, 2.05) is 35.2 Å². The standard InChI is InChI=1S/C20H19ClN4O/c21-12-18(26)25-10-7-14(8-11-25)19-16-5-1-2-6-17(16)23-20(24-19)15-4-3-9-22-13-15/h1-6,9,13-14H,7-8,10-12H2. The van der Waals surface area contributed by atoms with Crippen LogP contribution < -0.4 is 0 Å². The molecule has 0 saturated carbocycles. The van der Waals surface area contributed by atoms with Crippen molar-refractivity contribution in [3.63, 3.8) is 0 Å². The normalized spacial score (nSPS) is 15.3. The van der Waals surface area contributed by atoms with Gasteiger partial charge in [0.05, 0.1) is 11.2 Å². The number of aromatic nitrogens is 3. The van der Waals surface area contributed by atoms with Crippen molar-refractivity contribution in [2.75, 3.05) is 19.0 Å². The van der Waals surface area contributed by atoms with Gasteiger partial charge in [-0.15, -0.1) is 11.6 Å². The fourth-order valence-electron chi connectivity index (χ4n) is 3.52. The highest BCUT2D eigenvalue weighted by molar-refractivity contribution is 6.27. The van der Waals surface area contributed by atoms with E-state index in [9.17, 15) is 4.79 Å². The lowest BCUT2D eigenvalue weighted by molar-refractivity contribution is -0.129.